The van der Waals surface area contributed by atoms with Gasteiger partial charge in [0.1, 0.15) is 5.56 Å². The van der Waals surface area contributed by atoms with Crippen molar-refractivity contribution in [3.8, 4) is 0 Å². The maximum atomic E-state index is 12.9. The highest BCUT2D eigenvalue weighted by atomic mass is 16.2. The van der Waals surface area contributed by atoms with Crippen LogP contribution in [0.3, 0.4) is 0 Å². The number of nitrogens with zero attached hydrogens (tertiary/aromatic N) is 2. The number of likely N-dealkylation sites (tertiary alicyclic amines) is 2. The van der Waals surface area contributed by atoms with Crippen molar-refractivity contribution in [2.45, 2.75) is 52.9 Å². The lowest BCUT2D eigenvalue weighted by atomic mass is 9.73. The van der Waals surface area contributed by atoms with Crippen LogP contribution < -0.4 is 5.43 Å². The van der Waals surface area contributed by atoms with Gasteiger partial charge in [0.15, 0.2) is 5.43 Å². The van der Waals surface area contributed by atoms with Gasteiger partial charge in [0.2, 0.25) is 5.91 Å². The summed E-state index contributed by atoms with van der Waals surface area (Å²) in [6.07, 6.45) is 5.88. The Morgan fingerprint density at radius 2 is 2.04 bits per heavy atom. The summed E-state index contributed by atoms with van der Waals surface area (Å²) in [6, 6.07) is 1.47. The Morgan fingerprint density at radius 3 is 2.74 bits per heavy atom. The van der Waals surface area contributed by atoms with Crippen LogP contribution in [-0.4, -0.2) is 52.8 Å². The number of hydrogen-bond acceptors (Lipinski definition) is 3. The van der Waals surface area contributed by atoms with Gasteiger partial charge in [-0.25, -0.2) is 0 Å². The van der Waals surface area contributed by atoms with Crippen LogP contribution in [0.4, 0.5) is 0 Å². The molecule has 0 saturated carbocycles. The van der Waals surface area contributed by atoms with Gasteiger partial charge in [-0.2, -0.15) is 0 Å². The number of aromatic amines is 1. The lowest BCUT2D eigenvalue weighted by molar-refractivity contribution is -0.139. The smallest absolute Gasteiger partial charge is 0.259 e. The second-order valence-corrected chi connectivity index (χ2v) is 8.72. The number of amides is 2. The minimum atomic E-state index is -0.228. The lowest BCUT2D eigenvalue weighted by Gasteiger charge is -2.48. The number of carbonyl (C=O) groups is 2. The fourth-order valence-corrected chi connectivity index (χ4v) is 4.35. The average molecular weight is 373 g/mol. The molecule has 1 spiro atoms. The maximum Gasteiger partial charge on any atom is 0.259 e. The van der Waals surface area contributed by atoms with E-state index in [1.54, 1.807) is 6.92 Å². The molecular weight excluding hydrogens is 342 g/mol. The maximum absolute atomic E-state index is 12.9. The van der Waals surface area contributed by atoms with Crippen LogP contribution in [0.25, 0.3) is 0 Å². The topological polar surface area (TPSA) is 73.5 Å². The van der Waals surface area contributed by atoms with E-state index in [1.807, 2.05) is 9.80 Å². The van der Waals surface area contributed by atoms with Crippen LogP contribution >= 0.6 is 0 Å². The second-order valence-electron chi connectivity index (χ2n) is 8.72. The number of hydrogen-bond donors (Lipinski definition) is 1. The van der Waals surface area contributed by atoms with Crippen molar-refractivity contribution >= 4 is 11.8 Å². The van der Waals surface area contributed by atoms with Gasteiger partial charge < -0.3 is 14.8 Å². The minimum Gasteiger partial charge on any atom is -0.364 e. The predicted octanol–water partition coefficient (Wildman–Crippen LogP) is 2.57. The summed E-state index contributed by atoms with van der Waals surface area (Å²) in [4.78, 5) is 44.3. The molecular formula is C21H31N3O3. The van der Waals surface area contributed by atoms with Gasteiger partial charge in [-0.15, -0.1) is 0 Å². The standard InChI is InChI=1S/C21H31N3O3/c1-15(2)6-10-23-13-21(8-5-19(23)26)7-4-9-24(14-21)20(27)17-12-22-16(3)11-18(17)25/h11-12,15H,4-10,13-14H2,1-3H3,(H,22,25)/t21-/m1/s1. The molecule has 0 bridgehead atoms. The number of carbonyl (C=O) groups excluding carboxylic acids is 2. The molecule has 3 rings (SSSR count). The van der Waals surface area contributed by atoms with E-state index in [4.69, 9.17) is 0 Å². The highest BCUT2D eigenvalue weighted by Crippen LogP contribution is 2.39. The molecule has 1 atom stereocenters. The van der Waals surface area contributed by atoms with Gasteiger partial charge in [0.25, 0.3) is 5.91 Å². The summed E-state index contributed by atoms with van der Waals surface area (Å²) in [5.41, 5.74) is 0.698. The highest BCUT2D eigenvalue weighted by Gasteiger charge is 2.42. The minimum absolute atomic E-state index is 0.0315. The van der Waals surface area contributed by atoms with Gasteiger partial charge >= 0.3 is 0 Å². The molecule has 2 amide bonds. The van der Waals surface area contributed by atoms with Crippen LogP contribution in [0.1, 0.15) is 62.0 Å². The number of aryl methyl sites for hydroxylation is 1. The third kappa shape index (κ3) is 4.42. The van der Waals surface area contributed by atoms with Crippen LogP contribution in [0.5, 0.6) is 0 Å². The van der Waals surface area contributed by atoms with Crippen LogP contribution in [0.2, 0.25) is 0 Å². The molecule has 0 aromatic carbocycles. The number of aromatic nitrogens is 1. The molecule has 2 aliphatic rings. The molecule has 2 saturated heterocycles. The van der Waals surface area contributed by atoms with Crippen LogP contribution in [0, 0.1) is 18.3 Å². The first-order valence-corrected chi connectivity index (χ1v) is 10.1. The number of nitrogens with one attached hydrogen (secondary N) is 1. The first kappa shape index (κ1) is 19.6. The molecule has 0 radical (unpaired) electrons. The zero-order chi connectivity index (χ0) is 19.6. The van der Waals surface area contributed by atoms with Crippen molar-refractivity contribution in [3.63, 3.8) is 0 Å². The van der Waals surface area contributed by atoms with Gasteiger partial charge in [-0.05, 0) is 38.5 Å². The third-order valence-electron chi connectivity index (χ3n) is 5.96. The summed E-state index contributed by atoms with van der Waals surface area (Å²) < 4.78 is 0. The Bertz CT molecular complexity index is 770. The van der Waals surface area contributed by atoms with Crippen molar-refractivity contribution in [1.29, 1.82) is 0 Å². The van der Waals surface area contributed by atoms with E-state index >= 15 is 0 Å². The predicted molar refractivity (Wildman–Crippen MR) is 105 cm³/mol. The van der Waals surface area contributed by atoms with Crippen molar-refractivity contribution in [2.24, 2.45) is 11.3 Å². The SMILES string of the molecule is Cc1cc(=O)c(C(=O)N2CCC[C@]3(CCC(=O)N(CCC(C)C)C3)C2)c[nH]1. The summed E-state index contributed by atoms with van der Waals surface area (Å²) in [5.74, 6) is 0.606. The quantitative estimate of drug-likeness (QED) is 0.881. The van der Waals surface area contributed by atoms with Crippen LogP contribution in [0.15, 0.2) is 17.1 Å². The summed E-state index contributed by atoms with van der Waals surface area (Å²) in [5, 5.41) is 0. The fraction of sp³-hybridized carbons (Fsp3) is 0.667. The molecule has 0 unspecified atom stereocenters. The molecule has 27 heavy (non-hydrogen) atoms. The van der Waals surface area contributed by atoms with Crippen molar-refractivity contribution in [1.82, 2.24) is 14.8 Å². The van der Waals surface area contributed by atoms with Gasteiger partial charge in [0, 0.05) is 56.0 Å². The van der Waals surface area contributed by atoms with E-state index in [1.165, 1.54) is 12.3 Å². The largest absolute Gasteiger partial charge is 0.364 e. The number of pyridine rings is 1. The molecule has 3 heterocycles. The van der Waals surface area contributed by atoms with Gasteiger partial charge in [-0.3, -0.25) is 14.4 Å². The molecule has 1 aromatic rings. The Labute approximate surface area is 160 Å². The number of H-pyrrole nitrogens is 1. The molecule has 6 heteroatoms. The second kappa shape index (κ2) is 7.87. The first-order chi connectivity index (χ1) is 12.8. The van der Waals surface area contributed by atoms with Gasteiger partial charge in [0.05, 0.1) is 0 Å². The number of rotatable bonds is 4. The molecule has 2 aliphatic heterocycles. The Kier molecular flexibility index (Phi) is 5.72. The van der Waals surface area contributed by atoms with Crippen LogP contribution in [-0.2, 0) is 4.79 Å². The Morgan fingerprint density at radius 1 is 1.26 bits per heavy atom. The van der Waals surface area contributed by atoms with Gasteiger partial charge in [-0.1, -0.05) is 13.8 Å². The fourth-order valence-electron chi connectivity index (χ4n) is 4.35. The molecule has 0 aliphatic carbocycles. The number of piperidine rings is 2. The highest BCUT2D eigenvalue weighted by molar-refractivity contribution is 5.94. The van der Waals surface area contributed by atoms with E-state index in [0.717, 1.165) is 44.5 Å². The summed E-state index contributed by atoms with van der Waals surface area (Å²) in [6.45, 7) is 8.97. The zero-order valence-electron chi connectivity index (χ0n) is 16.7. The van der Waals surface area contributed by atoms with Crippen molar-refractivity contribution < 1.29 is 9.59 Å². The van der Waals surface area contributed by atoms with E-state index in [-0.39, 0.29) is 28.2 Å². The van der Waals surface area contributed by atoms with E-state index < -0.39 is 0 Å². The normalized spacial score (nSPS) is 23.3. The average Bonchev–Trinajstić information content (AvgIpc) is 2.62. The first-order valence-electron chi connectivity index (χ1n) is 10.1. The third-order valence-corrected chi connectivity index (χ3v) is 5.96. The summed E-state index contributed by atoms with van der Waals surface area (Å²) in [7, 11) is 0. The molecule has 148 valence electrons. The molecule has 6 nitrogen and oxygen atoms in total. The molecule has 1 N–H and O–H groups in total. The Hall–Kier alpha value is -2.11. The monoisotopic (exact) mass is 373 g/mol. The zero-order valence-corrected chi connectivity index (χ0v) is 16.7. The lowest BCUT2D eigenvalue weighted by Crippen LogP contribution is -2.55. The molecule has 1 aromatic heterocycles. The van der Waals surface area contributed by atoms with E-state index in [2.05, 4.69) is 18.8 Å². The van der Waals surface area contributed by atoms with Crippen molar-refractivity contribution in [2.75, 3.05) is 26.2 Å². The van der Waals surface area contributed by atoms with Crippen molar-refractivity contribution in [3.05, 3.63) is 33.7 Å². The van der Waals surface area contributed by atoms with E-state index in [9.17, 15) is 14.4 Å². The van der Waals surface area contributed by atoms with E-state index in [0.29, 0.717) is 25.4 Å². The molecule has 2 fully saturated rings. The Balaban J connectivity index is 1.73. The summed E-state index contributed by atoms with van der Waals surface area (Å²) >= 11 is 0.